The maximum Gasteiger partial charge on any atom is 0.289 e. The smallest absolute Gasteiger partial charge is 0.289 e. The number of rotatable bonds is 4. The van der Waals surface area contributed by atoms with Gasteiger partial charge in [-0.15, -0.1) is 11.3 Å². The lowest BCUT2D eigenvalue weighted by atomic mass is 9.63. The number of furan rings is 1. The van der Waals surface area contributed by atoms with Crippen LogP contribution in [0.1, 0.15) is 86.0 Å². The summed E-state index contributed by atoms with van der Waals surface area (Å²) in [6.07, 6.45) is 4.25. The molecule has 6 rings (SSSR count). The van der Waals surface area contributed by atoms with Gasteiger partial charge in [-0.2, -0.15) is 0 Å². The molecule has 0 saturated carbocycles. The Morgan fingerprint density at radius 3 is 2.50 bits per heavy atom. The van der Waals surface area contributed by atoms with E-state index in [0.717, 1.165) is 23.9 Å². The molecule has 38 heavy (non-hydrogen) atoms. The summed E-state index contributed by atoms with van der Waals surface area (Å²) in [5, 5.41) is 4.27. The summed E-state index contributed by atoms with van der Waals surface area (Å²) in [6.45, 7) is 10.9. The van der Waals surface area contributed by atoms with Gasteiger partial charge in [0.2, 0.25) is 0 Å². The molecule has 0 N–H and O–H groups in total. The number of carbonyl (C=O) groups is 1. The van der Waals surface area contributed by atoms with Gasteiger partial charge in [-0.1, -0.05) is 52.0 Å². The molecule has 2 aliphatic rings. The second kappa shape index (κ2) is 9.26. The largest absolute Gasteiger partial charge is 0.493 e. The molecule has 2 aromatic heterocycles. The van der Waals surface area contributed by atoms with Gasteiger partial charge in [0.15, 0.2) is 17.1 Å². The summed E-state index contributed by atoms with van der Waals surface area (Å²) in [7, 11) is 1.61. The lowest BCUT2D eigenvalue weighted by molar-refractivity contribution is 0.0683. The van der Waals surface area contributed by atoms with Crippen LogP contribution in [0, 0.1) is 0 Å². The van der Waals surface area contributed by atoms with Gasteiger partial charge in [-0.25, -0.2) is 4.98 Å². The third-order valence-corrected chi connectivity index (χ3v) is 9.75. The highest BCUT2D eigenvalue weighted by molar-refractivity contribution is 7.10. The highest BCUT2D eigenvalue weighted by Crippen LogP contribution is 2.47. The lowest BCUT2D eigenvalue weighted by Crippen LogP contribution is -2.37. The number of methoxy groups -OCH3 is 1. The molecule has 0 atom stereocenters. The third-order valence-electron chi connectivity index (χ3n) is 8.74. The highest BCUT2D eigenvalue weighted by atomic mass is 32.1. The van der Waals surface area contributed by atoms with Crippen molar-refractivity contribution in [3.05, 3.63) is 69.7 Å². The van der Waals surface area contributed by atoms with Crippen LogP contribution in [0.5, 0.6) is 5.75 Å². The number of piperidine rings is 1. The van der Waals surface area contributed by atoms with Gasteiger partial charge in [-0.05, 0) is 65.8 Å². The second-order valence-corrected chi connectivity index (χ2v) is 13.0. The summed E-state index contributed by atoms with van der Waals surface area (Å²) < 4.78 is 11.3. The predicted molar refractivity (Wildman–Crippen MR) is 153 cm³/mol. The van der Waals surface area contributed by atoms with E-state index >= 15 is 0 Å². The molecule has 1 saturated heterocycles. The lowest BCUT2D eigenvalue weighted by Gasteiger charge is -2.42. The van der Waals surface area contributed by atoms with E-state index in [4.69, 9.17) is 14.1 Å². The van der Waals surface area contributed by atoms with Gasteiger partial charge < -0.3 is 14.1 Å². The molecular weight excluding hydrogens is 492 g/mol. The van der Waals surface area contributed by atoms with Gasteiger partial charge in [0, 0.05) is 35.3 Å². The summed E-state index contributed by atoms with van der Waals surface area (Å²) in [5.41, 5.74) is 6.26. The quantitative estimate of drug-likeness (QED) is 0.270. The monoisotopic (exact) mass is 528 g/mol. The number of para-hydroxylation sites is 1. The summed E-state index contributed by atoms with van der Waals surface area (Å²) in [6, 6.07) is 14.5. The number of thiazole rings is 1. The van der Waals surface area contributed by atoms with Crippen LogP contribution in [-0.4, -0.2) is 36.0 Å². The van der Waals surface area contributed by atoms with Crippen molar-refractivity contribution in [1.29, 1.82) is 0 Å². The van der Waals surface area contributed by atoms with Crippen LogP contribution < -0.4 is 4.74 Å². The number of hydrogen-bond acceptors (Lipinski definition) is 5. The van der Waals surface area contributed by atoms with E-state index in [2.05, 4.69) is 51.3 Å². The van der Waals surface area contributed by atoms with Crippen molar-refractivity contribution in [2.75, 3.05) is 20.2 Å². The molecule has 0 bridgehead atoms. The Hall–Kier alpha value is -3.12. The van der Waals surface area contributed by atoms with Gasteiger partial charge in [0.25, 0.3) is 5.91 Å². The molecular formula is C32H36N2O3S. The Balaban J connectivity index is 1.16. The topological polar surface area (TPSA) is 55.6 Å². The van der Waals surface area contributed by atoms with Crippen molar-refractivity contribution in [3.63, 3.8) is 0 Å². The Bertz CT molecular complexity index is 1500. The first-order valence-corrected chi connectivity index (χ1v) is 14.5. The SMILES string of the molecule is COc1cccc2cc(C(=O)N3CCC(c4nc(-c5ccc6c(c5)C(C)(C)CCC6(C)C)cs4)CC3)oc12. The second-order valence-electron chi connectivity index (χ2n) is 12.2. The minimum atomic E-state index is -0.0545. The summed E-state index contributed by atoms with van der Waals surface area (Å²) in [5.74, 6) is 1.34. The number of nitrogens with zero attached hydrogens (tertiary/aromatic N) is 2. The van der Waals surface area contributed by atoms with Crippen LogP contribution >= 0.6 is 11.3 Å². The van der Waals surface area contributed by atoms with E-state index in [-0.39, 0.29) is 16.7 Å². The van der Waals surface area contributed by atoms with Crippen LogP contribution in [0.3, 0.4) is 0 Å². The Kier molecular flexibility index (Phi) is 6.14. The first-order valence-electron chi connectivity index (χ1n) is 13.6. The molecule has 2 aromatic carbocycles. The van der Waals surface area contributed by atoms with Crippen LogP contribution in [0.2, 0.25) is 0 Å². The molecule has 0 unspecified atom stereocenters. The van der Waals surface area contributed by atoms with E-state index in [1.54, 1.807) is 18.4 Å². The van der Waals surface area contributed by atoms with Crippen LogP contribution in [0.4, 0.5) is 0 Å². The zero-order valence-electron chi connectivity index (χ0n) is 23.0. The minimum absolute atomic E-state index is 0.0545. The van der Waals surface area contributed by atoms with Crippen LogP contribution in [0.15, 0.2) is 52.3 Å². The van der Waals surface area contributed by atoms with Gasteiger partial charge in [0.05, 0.1) is 17.8 Å². The zero-order chi connectivity index (χ0) is 26.7. The number of fused-ring (bicyclic) bond motifs is 2. The summed E-state index contributed by atoms with van der Waals surface area (Å²) >= 11 is 1.75. The average Bonchev–Trinajstić information content (AvgIpc) is 3.59. The molecule has 6 heteroatoms. The number of ether oxygens (including phenoxy) is 1. The number of likely N-dealkylation sites (tertiary alicyclic amines) is 1. The normalized spacial score (nSPS) is 18.9. The Morgan fingerprint density at radius 2 is 1.76 bits per heavy atom. The number of carbonyl (C=O) groups excluding carboxylic acids is 1. The standard InChI is InChI=1S/C32H36N2O3S/c1-31(2)13-14-32(3,4)24-17-21(9-10-23(24)31)25-19-38-29(33-25)20-11-15-34(16-12-20)30(35)27-18-22-7-6-8-26(36-5)28(22)37-27/h6-10,17-20H,11-16H2,1-5H3. The molecule has 1 aliphatic heterocycles. The molecule has 3 heterocycles. The number of benzene rings is 2. The molecule has 1 fully saturated rings. The maximum absolute atomic E-state index is 13.2. The predicted octanol–water partition coefficient (Wildman–Crippen LogP) is 7.93. The number of hydrogen-bond donors (Lipinski definition) is 0. The van der Waals surface area contributed by atoms with E-state index in [0.29, 0.717) is 36.1 Å². The van der Waals surface area contributed by atoms with Gasteiger partial charge in [-0.3, -0.25) is 4.79 Å². The minimum Gasteiger partial charge on any atom is -0.493 e. The molecule has 1 aliphatic carbocycles. The van der Waals surface area contributed by atoms with E-state index in [1.165, 1.54) is 34.5 Å². The van der Waals surface area contributed by atoms with Crippen molar-refractivity contribution >= 4 is 28.2 Å². The van der Waals surface area contributed by atoms with E-state index in [1.807, 2.05) is 29.2 Å². The van der Waals surface area contributed by atoms with Crippen LogP contribution in [0.25, 0.3) is 22.2 Å². The first-order chi connectivity index (χ1) is 18.2. The molecule has 198 valence electrons. The molecule has 4 aromatic rings. The van der Waals surface area contributed by atoms with E-state index in [9.17, 15) is 4.79 Å². The average molecular weight is 529 g/mol. The van der Waals surface area contributed by atoms with E-state index < -0.39 is 0 Å². The molecule has 1 amide bonds. The molecule has 0 spiro atoms. The fourth-order valence-electron chi connectivity index (χ4n) is 6.14. The van der Waals surface area contributed by atoms with Crippen LogP contribution in [-0.2, 0) is 10.8 Å². The van der Waals surface area contributed by atoms with Crippen molar-refractivity contribution in [1.82, 2.24) is 9.88 Å². The third kappa shape index (κ3) is 4.33. The fourth-order valence-corrected chi connectivity index (χ4v) is 7.14. The van der Waals surface area contributed by atoms with Crippen molar-refractivity contribution in [3.8, 4) is 17.0 Å². The van der Waals surface area contributed by atoms with Gasteiger partial charge in [0.1, 0.15) is 0 Å². The first kappa shape index (κ1) is 25.2. The molecule has 0 radical (unpaired) electrons. The van der Waals surface area contributed by atoms with Crippen molar-refractivity contribution in [2.24, 2.45) is 0 Å². The van der Waals surface area contributed by atoms with Crippen molar-refractivity contribution < 1.29 is 13.9 Å². The number of aromatic nitrogens is 1. The molecule has 5 nitrogen and oxygen atoms in total. The summed E-state index contributed by atoms with van der Waals surface area (Å²) in [4.78, 5) is 20.2. The van der Waals surface area contributed by atoms with Crippen molar-refractivity contribution in [2.45, 2.75) is 70.1 Å². The Morgan fingerprint density at radius 1 is 1.03 bits per heavy atom. The zero-order valence-corrected chi connectivity index (χ0v) is 23.8. The maximum atomic E-state index is 13.2. The Labute approximate surface area is 228 Å². The number of amides is 1. The fraction of sp³-hybridized carbons (Fsp3) is 0.438. The van der Waals surface area contributed by atoms with Gasteiger partial charge >= 0.3 is 0 Å². The highest BCUT2D eigenvalue weighted by Gasteiger charge is 2.37.